The predicted molar refractivity (Wildman–Crippen MR) is 103 cm³/mol. The summed E-state index contributed by atoms with van der Waals surface area (Å²) in [5.74, 6) is 0.825. The Kier molecular flexibility index (Phi) is 7.25. The van der Waals surface area contributed by atoms with Crippen LogP contribution in [0.5, 0.6) is 17.2 Å². The van der Waals surface area contributed by atoms with Crippen molar-refractivity contribution in [2.75, 3.05) is 32.7 Å². The topological polar surface area (TPSA) is 85.9 Å². The number of amides is 2. The lowest BCUT2D eigenvalue weighted by atomic mass is 10.1. The Hall–Kier alpha value is -3.48. The maximum Gasteiger partial charge on any atom is 0.262 e. The van der Waals surface area contributed by atoms with Gasteiger partial charge in [-0.25, -0.2) is 0 Å². The minimum absolute atomic E-state index is 0.237. The largest absolute Gasteiger partial charge is 0.496 e. The number of benzene rings is 2. The van der Waals surface area contributed by atoms with E-state index in [4.69, 9.17) is 14.2 Å². The lowest BCUT2D eigenvalue weighted by molar-refractivity contribution is -0.118. The van der Waals surface area contributed by atoms with Gasteiger partial charge in [0.15, 0.2) is 6.61 Å². The van der Waals surface area contributed by atoms with Gasteiger partial charge in [-0.05, 0) is 12.1 Å². The zero-order valence-corrected chi connectivity index (χ0v) is 15.3. The number of anilines is 1. The molecule has 2 N–H and O–H groups in total. The second-order valence-corrected chi connectivity index (χ2v) is 5.43. The molecule has 0 saturated carbocycles. The van der Waals surface area contributed by atoms with E-state index in [1.54, 1.807) is 48.5 Å². The van der Waals surface area contributed by atoms with Crippen LogP contribution in [0.3, 0.4) is 0 Å². The average Bonchev–Trinajstić information content (AvgIpc) is 2.70. The molecule has 0 aromatic heterocycles. The number of carbonyl (C=O) groups excluding carboxylic acids is 2. The van der Waals surface area contributed by atoms with Crippen LogP contribution >= 0.6 is 0 Å². The van der Waals surface area contributed by atoms with E-state index in [1.807, 2.05) is 0 Å². The van der Waals surface area contributed by atoms with Gasteiger partial charge in [-0.15, -0.1) is 6.58 Å². The Bertz CT molecular complexity index is 798. The highest BCUT2D eigenvalue weighted by molar-refractivity contribution is 6.04. The smallest absolute Gasteiger partial charge is 0.262 e. The fraction of sp³-hybridized carbons (Fsp3) is 0.200. The van der Waals surface area contributed by atoms with Crippen molar-refractivity contribution in [1.29, 1.82) is 0 Å². The van der Waals surface area contributed by atoms with Crippen molar-refractivity contribution in [1.82, 2.24) is 5.32 Å². The van der Waals surface area contributed by atoms with Crippen LogP contribution in [0, 0.1) is 0 Å². The summed E-state index contributed by atoms with van der Waals surface area (Å²) in [5.41, 5.74) is 0.756. The molecule has 0 bridgehead atoms. The average molecular weight is 370 g/mol. The van der Waals surface area contributed by atoms with Gasteiger partial charge < -0.3 is 24.8 Å². The monoisotopic (exact) mass is 370 g/mol. The number of ether oxygens (including phenoxy) is 3. The normalized spacial score (nSPS) is 9.85. The van der Waals surface area contributed by atoms with E-state index in [0.717, 1.165) is 0 Å². The number of carbonyl (C=O) groups is 2. The second kappa shape index (κ2) is 9.86. The van der Waals surface area contributed by atoms with Crippen LogP contribution in [0.25, 0.3) is 0 Å². The summed E-state index contributed by atoms with van der Waals surface area (Å²) in [6.07, 6.45) is 1.58. The van der Waals surface area contributed by atoms with E-state index in [1.165, 1.54) is 14.2 Å². The molecular formula is C20H22N2O5. The van der Waals surface area contributed by atoms with Gasteiger partial charge in [0.05, 0.1) is 25.5 Å². The number of rotatable bonds is 9. The van der Waals surface area contributed by atoms with Gasteiger partial charge in [0.25, 0.3) is 11.8 Å². The fourth-order valence-electron chi connectivity index (χ4n) is 2.25. The van der Waals surface area contributed by atoms with Gasteiger partial charge >= 0.3 is 0 Å². The summed E-state index contributed by atoms with van der Waals surface area (Å²) in [5, 5.41) is 5.36. The number of hydrogen-bond acceptors (Lipinski definition) is 5. The van der Waals surface area contributed by atoms with Gasteiger partial charge in [0.1, 0.15) is 17.2 Å². The summed E-state index contributed by atoms with van der Waals surface area (Å²) >= 11 is 0. The molecule has 0 saturated heterocycles. The molecule has 2 aromatic rings. The molecule has 0 atom stereocenters. The fourth-order valence-corrected chi connectivity index (χ4v) is 2.25. The molecule has 2 amide bonds. The molecule has 2 aromatic carbocycles. The molecule has 2 rings (SSSR count). The third-order valence-corrected chi connectivity index (χ3v) is 3.55. The minimum Gasteiger partial charge on any atom is -0.496 e. The van der Waals surface area contributed by atoms with Gasteiger partial charge in [-0.1, -0.05) is 18.2 Å². The third kappa shape index (κ3) is 5.78. The SMILES string of the molecule is C=CCNC(=O)c1ccccc1NC(=O)COc1cc(OC)cc(OC)c1. The van der Waals surface area contributed by atoms with E-state index in [9.17, 15) is 9.59 Å². The highest BCUT2D eigenvalue weighted by Gasteiger charge is 2.13. The molecule has 0 aliphatic heterocycles. The summed E-state index contributed by atoms with van der Waals surface area (Å²) in [7, 11) is 3.05. The summed E-state index contributed by atoms with van der Waals surface area (Å²) < 4.78 is 15.8. The molecule has 0 fully saturated rings. The van der Waals surface area contributed by atoms with Gasteiger partial charge in [0, 0.05) is 24.7 Å². The number of para-hydroxylation sites is 1. The lowest BCUT2D eigenvalue weighted by Gasteiger charge is -2.12. The molecule has 0 radical (unpaired) electrons. The quantitative estimate of drug-likeness (QED) is 0.663. The first kappa shape index (κ1) is 19.8. The van der Waals surface area contributed by atoms with E-state index >= 15 is 0 Å². The van der Waals surface area contributed by atoms with Crippen molar-refractivity contribution >= 4 is 17.5 Å². The molecule has 27 heavy (non-hydrogen) atoms. The molecule has 7 nitrogen and oxygen atoms in total. The van der Waals surface area contributed by atoms with Crippen molar-refractivity contribution in [2.45, 2.75) is 0 Å². The van der Waals surface area contributed by atoms with Crippen molar-refractivity contribution < 1.29 is 23.8 Å². The minimum atomic E-state index is -0.402. The van der Waals surface area contributed by atoms with Crippen LogP contribution in [0.1, 0.15) is 10.4 Å². The van der Waals surface area contributed by atoms with Crippen LogP contribution < -0.4 is 24.8 Å². The second-order valence-electron chi connectivity index (χ2n) is 5.43. The molecule has 0 aliphatic rings. The first-order valence-corrected chi connectivity index (χ1v) is 8.21. The predicted octanol–water partition coefficient (Wildman–Crippen LogP) is 2.64. The van der Waals surface area contributed by atoms with Gasteiger partial charge in [-0.2, -0.15) is 0 Å². The molecule has 7 heteroatoms. The Balaban J connectivity index is 2.02. The standard InChI is InChI=1S/C20H22N2O5/c1-4-9-21-20(24)17-7-5-6-8-18(17)22-19(23)13-27-16-11-14(25-2)10-15(12-16)26-3/h4-8,10-12H,1,9,13H2,2-3H3,(H,21,24)(H,22,23). The highest BCUT2D eigenvalue weighted by Crippen LogP contribution is 2.27. The highest BCUT2D eigenvalue weighted by atomic mass is 16.5. The van der Waals surface area contributed by atoms with E-state index in [0.29, 0.717) is 35.0 Å². The summed E-state index contributed by atoms with van der Waals surface area (Å²) in [6, 6.07) is 11.7. The van der Waals surface area contributed by atoms with Crippen LogP contribution in [-0.4, -0.2) is 39.2 Å². The summed E-state index contributed by atoms with van der Waals surface area (Å²) in [6.45, 7) is 3.65. The Labute approximate surface area is 157 Å². The third-order valence-electron chi connectivity index (χ3n) is 3.55. The van der Waals surface area contributed by atoms with Crippen molar-refractivity contribution in [3.05, 3.63) is 60.7 Å². The zero-order chi connectivity index (χ0) is 19.6. The molecular weight excluding hydrogens is 348 g/mol. The van der Waals surface area contributed by atoms with Crippen molar-refractivity contribution in [3.8, 4) is 17.2 Å². The molecule has 0 aliphatic carbocycles. The lowest BCUT2D eigenvalue weighted by Crippen LogP contribution is -2.26. The zero-order valence-electron chi connectivity index (χ0n) is 15.3. The Morgan fingerprint density at radius 1 is 1.04 bits per heavy atom. The van der Waals surface area contributed by atoms with Gasteiger partial charge in [-0.3, -0.25) is 9.59 Å². The number of methoxy groups -OCH3 is 2. The first-order valence-electron chi connectivity index (χ1n) is 8.21. The number of nitrogens with one attached hydrogen (secondary N) is 2. The van der Waals surface area contributed by atoms with E-state index in [2.05, 4.69) is 17.2 Å². The Morgan fingerprint density at radius 2 is 1.67 bits per heavy atom. The van der Waals surface area contributed by atoms with Crippen LogP contribution in [-0.2, 0) is 4.79 Å². The molecule has 142 valence electrons. The maximum atomic E-state index is 12.2. The van der Waals surface area contributed by atoms with Crippen LogP contribution in [0.15, 0.2) is 55.1 Å². The molecule has 0 unspecified atom stereocenters. The molecule has 0 spiro atoms. The maximum absolute atomic E-state index is 12.2. The molecule has 0 heterocycles. The summed E-state index contributed by atoms with van der Waals surface area (Å²) in [4.78, 5) is 24.4. The van der Waals surface area contributed by atoms with Crippen LogP contribution in [0.4, 0.5) is 5.69 Å². The van der Waals surface area contributed by atoms with Crippen molar-refractivity contribution in [3.63, 3.8) is 0 Å². The van der Waals surface area contributed by atoms with Crippen LogP contribution in [0.2, 0.25) is 0 Å². The van der Waals surface area contributed by atoms with E-state index < -0.39 is 5.91 Å². The van der Waals surface area contributed by atoms with Gasteiger partial charge in [0.2, 0.25) is 0 Å². The number of hydrogen-bond donors (Lipinski definition) is 2. The van der Waals surface area contributed by atoms with Crippen molar-refractivity contribution in [2.24, 2.45) is 0 Å². The Morgan fingerprint density at radius 3 is 2.30 bits per heavy atom. The first-order chi connectivity index (χ1) is 13.1. The van der Waals surface area contributed by atoms with E-state index in [-0.39, 0.29) is 12.5 Å².